The van der Waals surface area contributed by atoms with Crippen molar-refractivity contribution in [2.24, 2.45) is 11.7 Å². The monoisotopic (exact) mass is 316 g/mol. The van der Waals surface area contributed by atoms with Gasteiger partial charge in [-0.2, -0.15) is 4.31 Å². The largest absolute Gasteiger partial charge is 0.326 e. The lowest BCUT2D eigenvalue weighted by atomic mass is 10.1. The first-order valence-electron chi connectivity index (χ1n) is 7.17. The average molecular weight is 316 g/mol. The van der Waals surface area contributed by atoms with Crippen LogP contribution in [0.2, 0.25) is 0 Å². The van der Waals surface area contributed by atoms with E-state index < -0.39 is 10.0 Å². The van der Waals surface area contributed by atoms with Crippen LogP contribution in [0.3, 0.4) is 0 Å². The van der Waals surface area contributed by atoms with Crippen LogP contribution >= 0.6 is 11.3 Å². The summed E-state index contributed by atoms with van der Waals surface area (Å²) in [6, 6.07) is 1.98. The van der Waals surface area contributed by atoms with E-state index in [0.29, 0.717) is 23.2 Å². The fourth-order valence-corrected chi connectivity index (χ4v) is 5.48. The van der Waals surface area contributed by atoms with E-state index in [4.69, 9.17) is 5.73 Å². The minimum Gasteiger partial charge on any atom is -0.326 e. The van der Waals surface area contributed by atoms with Crippen LogP contribution in [0.15, 0.2) is 10.3 Å². The van der Waals surface area contributed by atoms with Gasteiger partial charge in [0.25, 0.3) is 10.0 Å². The molecule has 114 valence electrons. The molecule has 0 spiro atoms. The Kier molecular flexibility index (Phi) is 4.89. The molecule has 0 saturated heterocycles. The number of nitrogens with zero attached hydrogens (tertiary/aromatic N) is 1. The molecular weight excluding hydrogens is 292 g/mol. The molecule has 0 aliphatic heterocycles. The van der Waals surface area contributed by atoms with Crippen molar-refractivity contribution in [3.8, 4) is 0 Å². The molecule has 6 heteroatoms. The predicted molar refractivity (Wildman–Crippen MR) is 83.3 cm³/mol. The fraction of sp³-hybridized carbons (Fsp3) is 0.714. The van der Waals surface area contributed by atoms with Gasteiger partial charge >= 0.3 is 0 Å². The third-order valence-corrected chi connectivity index (χ3v) is 7.29. The second-order valence-corrected chi connectivity index (χ2v) is 9.16. The van der Waals surface area contributed by atoms with Crippen LogP contribution in [-0.2, 0) is 16.6 Å². The average Bonchev–Trinajstić information content (AvgIpc) is 3.11. The zero-order chi connectivity index (χ0) is 14.9. The van der Waals surface area contributed by atoms with Gasteiger partial charge in [0.1, 0.15) is 4.21 Å². The van der Waals surface area contributed by atoms with Gasteiger partial charge in [-0.15, -0.1) is 11.3 Å². The second-order valence-electron chi connectivity index (χ2n) is 5.91. The maximum absolute atomic E-state index is 12.8. The topological polar surface area (TPSA) is 63.4 Å². The minimum atomic E-state index is -3.35. The van der Waals surface area contributed by atoms with Crippen molar-refractivity contribution >= 4 is 21.4 Å². The number of thiophene rings is 1. The highest BCUT2D eigenvalue weighted by Crippen LogP contribution is 2.35. The van der Waals surface area contributed by atoms with Crippen LogP contribution in [0.1, 0.15) is 43.6 Å². The lowest BCUT2D eigenvalue weighted by Gasteiger charge is -2.21. The van der Waals surface area contributed by atoms with E-state index in [2.05, 4.69) is 13.8 Å². The highest BCUT2D eigenvalue weighted by Gasteiger charge is 2.38. The van der Waals surface area contributed by atoms with Gasteiger partial charge in [0.2, 0.25) is 0 Å². The van der Waals surface area contributed by atoms with Crippen molar-refractivity contribution in [1.29, 1.82) is 0 Å². The molecule has 0 bridgehead atoms. The minimum absolute atomic E-state index is 0.211. The van der Waals surface area contributed by atoms with Crippen molar-refractivity contribution < 1.29 is 8.42 Å². The maximum Gasteiger partial charge on any atom is 0.252 e. The normalized spacial score (nSPS) is 16.3. The van der Waals surface area contributed by atoms with Crippen LogP contribution < -0.4 is 5.73 Å². The molecular formula is C14H24N2O2S2. The number of sulfonamides is 1. The molecule has 1 fully saturated rings. The Hall–Kier alpha value is -0.430. The molecule has 1 aliphatic rings. The Morgan fingerprint density at radius 1 is 1.45 bits per heavy atom. The van der Waals surface area contributed by atoms with Gasteiger partial charge in [-0.25, -0.2) is 8.42 Å². The SMILES string of the molecule is Cc1cc(S(=O)(=O)N(CCC(C)C)C2CC2)sc1CN. The lowest BCUT2D eigenvalue weighted by molar-refractivity contribution is 0.374. The van der Waals surface area contributed by atoms with E-state index in [1.807, 2.05) is 6.92 Å². The molecule has 0 unspecified atom stereocenters. The first-order valence-corrected chi connectivity index (χ1v) is 9.43. The van der Waals surface area contributed by atoms with Crippen molar-refractivity contribution in [2.75, 3.05) is 6.54 Å². The molecule has 2 N–H and O–H groups in total. The molecule has 20 heavy (non-hydrogen) atoms. The molecule has 0 amide bonds. The van der Waals surface area contributed by atoms with Crippen LogP contribution in [-0.4, -0.2) is 25.3 Å². The number of hydrogen-bond donors (Lipinski definition) is 1. The van der Waals surface area contributed by atoms with E-state index in [1.165, 1.54) is 11.3 Å². The summed E-state index contributed by atoms with van der Waals surface area (Å²) in [5.74, 6) is 0.510. The maximum atomic E-state index is 12.8. The van der Waals surface area contributed by atoms with Gasteiger partial charge in [0.15, 0.2) is 0 Å². The summed E-state index contributed by atoms with van der Waals surface area (Å²) < 4.78 is 27.8. The number of rotatable bonds is 7. The highest BCUT2D eigenvalue weighted by atomic mass is 32.2. The van der Waals surface area contributed by atoms with Gasteiger partial charge in [0, 0.05) is 24.0 Å². The van der Waals surface area contributed by atoms with E-state index in [9.17, 15) is 8.42 Å². The van der Waals surface area contributed by atoms with E-state index in [1.54, 1.807) is 10.4 Å². The van der Waals surface area contributed by atoms with Crippen LogP contribution in [0.5, 0.6) is 0 Å². The third-order valence-electron chi connectivity index (χ3n) is 3.63. The van der Waals surface area contributed by atoms with Crippen LogP contribution in [0.4, 0.5) is 0 Å². The lowest BCUT2D eigenvalue weighted by Crippen LogP contribution is -2.34. The van der Waals surface area contributed by atoms with Crippen molar-refractivity contribution in [3.63, 3.8) is 0 Å². The summed E-state index contributed by atoms with van der Waals surface area (Å²) in [6.45, 7) is 7.20. The highest BCUT2D eigenvalue weighted by molar-refractivity contribution is 7.91. The molecule has 0 radical (unpaired) electrons. The Bertz CT molecular complexity index is 560. The zero-order valence-electron chi connectivity index (χ0n) is 12.4. The summed E-state index contributed by atoms with van der Waals surface area (Å²) in [7, 11) is -3.35. The summed E-state index contributed by atoms with van der Waals surface area (Å²) in [5, 5.41) is 0. The Balaban J connectivity index is 2.25. The third kappa shape index (κ3) is 3.42. The van der Waals surface area contributed by atoms with E-state index in [-0.39, 0.29) is 6.04 Å². The smallest absolute Gasteiger partial charge is 0.252 e. The number of nitrogens with two attached hydrogens (primary N) is 1. The molecule has 2 rings (SSSR count). The Labute approximate surface area is 126 Å². The summed E-state index contributed by atoms with van der Waals surface area (Å²) in [6.07, 6.45) is 2.89. The van der Waals surface area contributed by atoms with Crippen molar-refractivity contribution in [1.82, 2.24) is 4.31 Å². The molecule has 1 aliphatic carbocycles. The predicted octanol–water partition coefficient (Wildman–Crippen LogP) is 2.71. The van der Waals surface area contributed by atoms with Gasteiger partial charge in [0.05, 0.1) is 0 Å². The first-order chi connectivity index (χ1) is 9.36. The zero-order valence-corrected chi connectivity index (χ0v) is 14.1. The molecule has 1 aromatic rings. The first kappa shape index (κ1) is 15.9. The van der Waals surface area contributed by atoms with Gasteiger partial charge in [-0.3, -0.25) is 0 Å². The fourth-order valence-electron chi connectivity index (χ4n) is 2.18. The second kappa shape index (κ2) is 6.13. The summed E-state index contributed by atoms with van der Waals surface area (Å²) in [4.78, 5) is 0.961. The molecule has 0 atom stereocenters. The molecule has 1 saturated carbocycles. The molecule has 1 heterocycles. The van der Waals surface area contributed by atoms with E-state index >= 15 is 0 Å². The quantitative estimate of drug-likeness (QED) is 0.841. The molecule has 4 nitrogen and oxygen atoms in total. The Morgan fingerprint density at radius 3 is 2.55 bits per heavy atom. The van der Waals surface area contributed by atoms with E-state index in [0.717, 1.165) is 29.7 Å². The van der Waals surface area contributed by atoms with Crippen LogP contribution in [0, 0.1) is 12.8 Å². The van der Waals surface area contributed by atoms with Gasteiger partial charge < -0.3 is 5.73 Å². The summed E-state index contributed by atoms with van der Waals surface area (Å²) in [5.41, 5.74) is 6.64. The number of aryl methyl sites for hydroxylation is 1. The Morgan fingerprint density at radius 2 is 2.10 bits per heavy atom. The molecule has 0 aromatic carbocycles. The molecule has 1 aromatic heterocycles. The van der Waals surface area contributed by atoms with Gasteiger partial charge in [-0.05, 0) is 43.7 Å². The van der Waals surface area contributed by atoms with Crippen molar-refractivity contribution in [3.05, 3.63) is 16.5 Å². The van der Waals surface area contributed by atoms with Gasteiger partial charge in [-0.1, -0.05) is 13.8 Å². The summed E-state index contributed by atoms with van der Waals surface area (Å²) >= 11 is 1.32. The number of hydrogen-bond acceptors (Lipinski definition) is 4. The van der Waals surface area contributed by atoms with Crippen molar-refractivity contribution in [2.45, 2.75) is 56.8 Å². The van der Waals surface area contributed by atoms with Crippen LogP contribution in [0.25, 0.3) is 0 Å². The standard InChI is InChI=1S/C14H24N2O2S2/c1-10(2)6-7-16(12-4-5-12)20(17,18)14-8-11(3)13(9-15)19-14/h8,10,12H,4-7,9,15H2,1-3H3.